The van der Waals surface area contributed by atoms with Crippen LogP contribution in [0.1, 0.15) is 49.1 Å². The molecule has 0 spiro atoms. The molecule has 0 radical (unpaired) electrons. The van der Waals surface area contributed by atoms with Crippen LogP contribution in [0.2, 0.25) is 0 Å². The number of nitrogens with one attached hydrogen (secondary N) is 2. The Morgan fingerprint density at radius 2 is 2.23 bits per heavy atom. The first-order valence-electron chi connectivity index (χ1n) is 7.79. The van der Waals surface area contributed by atoms with Gasteiger partial charge in [0.1, 0.15) is 0 Å². The van der Waals surface area contributed by atoms with Crippen LogP contribution in [0, 0.1) is 0 Å². The Kier molecular flexibility index (Phi) is 6.16. The summed E-state index contributed by atoms with van der Waals surface area (Å²) in [5.74, 6) is -0.168. The van der Waals surface area contributed by atoms with E-state index in [1.165, 1.54) is 0 Å². The highest BCUT2D eigenvalue weighted by molar-refractivity contribution is 5.92. The van der Waals surface area contributed by atoms with Crippen LogP contribution in [0.4, 0.5) is 0 Å². The predicted octanol–water partition coefficient (Wildman–Crippen LogP) is 0.922. The van der Waals surface area contributed by atoms with Gasteiger partial charge in [0, 0.05) is 6.61 Å². The molecule has 0 bridgehead atoms. The number of carbonyl (C=O) groups excluding carboxylic acids is 1. The average molecular weight is 330 g/mol. The van der Waals surface area contributed by atoms with Crippen LogP contribution in [0.3, 0.4) is 0 Å². The van der Waals surface area contributed by atoms with Crippen LogP contribution >= 0.6 is 12.4 Å². The zero-order valence-electron chi connectivity index (χ0n) is 12.8. The zero-order valence-corrected chi connectivity index (χ0v) is 13.6. The van der Waals surface area contributed by atoms with Crippen molar-refractivity contribution in [1.82, 2.24) is 25.6 Å². The lowest BCUT2D eigenvalue weighted by Gasteiger charge is -2.22. The quantitative estimate of drug-likeness (QED) is 0.858. The summed E-state index contributed by atoms with van der Waals surface area (Å²) in [4.78, 5) is 12.2. The number of halogens is 1. The highest BCUT2D eigenvalue weighted by Gasteiger charge is 2.25. The molecule has 2 aliphatic rings. The number of carbonyl (C=O) groups is 1. The van der Waals surface area contributed by atoms with Crippen molar-refractivity contribution in [2.24, 2.45) is 0 Å². The molecule has 22 heavy (non-hydrogen) atoms. The van der Waals surface area contributed by atoms with E-state index < -0.39 is 0 Å². The maximum Gasteiger partial charge on any atom is 0.273 e. The summed E-state index contributed by atoms with van der Waals surface area (Å²) >= 11 is 0. The average Bonchev–Trinajstić information content (AvgIpc) is 3.20. The first-order chi connectivity index (χ1) is 10.2. The smallest absolute Gasteiger partial charge is 0.273 e. The van der Waals surface area contributed by atoms with Gasteiger partial charge in [0.15, 0.2) is 5.69 Å². The Bertz CT molecular complexity index is 483. The standard InChI is InChI=1S/C14H23N5O2.ClH/c1-10(13-3-2-8-21-13)16-14(20)12-9-19(18-17-12)11-4-6-15-7-5-11;/h9-11,13,15H,2-8H2,1H3,(H,16,20);1H. The number of hydrogen-bond donors (Lipinski definition) is 2. The number of aromatic nitrogens is 3. The topological polar surface area (TPSA) is 81.1 Å². The van der Waals surface area contributed by atoms with E-state index in [0.717, 1.165) is 45.4 Å². The van der Waals surface area contributed by atoms with Crippen molar-refractivity contribution in [3.8, 4) is 0 Å². The largest absolute Gasteiger partial charge is 0.376 e. The molecule has 3 heterocycles. The van der Waals surface area contributed by atoms with Crippen molar-refractivity contribution in [3.05, 3.63) is 11.9 Å². The van der Waals surface area contributed by atoms with Crippen molar-refractivity contribution in [2.45, 2.75) is 50.8 Å². The van der Waals surface area contributed by atoms with Crippen LogP contribution in [0.25, 0.3) is 0 Å². The molecule has 8 heteroatoms. The maximum atomic E-state index is 12.2. The van der Waals surface area contributed by atoms with Gasteiger partial charge in [-0.05, 0) is 45.7 Å². The number of amides is 1. The molecule has 1 aromatic rings. The van der Waals surface area contributed by atoms with E-state index in [1.807, 2.05) is 11.6 Å². The fourth-order valence-corrected chi connectivity index (χ4v) is 3.00. The molecule has 0 aromatic carbocycles. The van der Waals surface area contributed by atoms with Crippen molar-refractivity contribution < 1.29 is 9.53 Å². The second-order valence-electron chi connectivity index (χ2n) is 5.88. The first-order valence-corrected chi connectivity index (χ1v) is 7.79. The number of nitrogens with zero attached hydrogens (tertiary/aromatic N) is 3. The lowest BCUT2D eigenvalue weighted by molar-refractivity contribution is 0.0709. The fraction of sp³-hybridized carbons (Fsp3) is 0.786. The van der Waals surface area contributed by atoms with Crippen LogP contribution < -0.4 is 10.6 Å². The second kappa shape index (κ2) is 7.89. The minimum absolute atomic E-state index is 0. The Balaban J connectivity index is 0.00000176. The third-order valence-electron chi connectivity index (χ3n) is 4.31. The molecule has 2 aliphatic heterocycles. The van der Waals surface area contributed by atoms with Gasteiger partial charge in [0.25, 0.3) is 5.91 Å². The number of rotatable bonds is 4. The summed E-state index contributed by atoms with van der Waals surface area (Å²) in [6.45, 7) is 4.74. The first kappa shape index (κ1) is 17.2. The molecule has 2 N–H and O–H groups in total. The van der Waals surface area contributed by atoms with Gasteiger partial charge in [-0.1, -0.05) is 5.21 Å². The number of piperidine rings is 1. The molecule has 2 fully saturated rings. The minimum atomic E-state index is -0.168. The van der Waals surface area contributed by atoms with Gasteiger partial charge >= 0.3 is 0 Å². The predicted molar refractivity (Wildman–Crippen MR) is 84.3 cm³/mol. The lowest BCUT2D eigenvalue weighted by atomic mass is 10.1. The lowest BCUT2D eigenvalue weighted by Crippen LogP contribution is -2.41. The Morgan fingerprint density at radius 1 is 1.45 bits per heavy atom. The Hall–Kier alpha value is -1.18. The molecule has 1 amide bonds. The summed E-state index contributed by atoms with van der Waals surface area (Å²) < 4.78 is 7.41. The third-order valence-corrected chi connectivity index (χ3v) is 4.31. The molecule has 2 saturated heterocycles. The van der Waals surface area contributed by atoms with E-state index in [0.29, 0.717) is 11.7 Å². The van der Waals surface area contributed by atoms with Gasteiger partial charge in [-0.15, -0.1) is 17.5 Å². The summed E-state index contributed by atoms with van der Waals surface area (Å²) in [7, 11) is 0. The normalized spacial score (nSPS) is 23.8. The molecule has 0 aliphatic carbocycles. The second-order valence-corrected chi connectivity index (χ2v) is 5.88. The zero-order chi connectivity index (χ0) is 14.7. The summed E-state index contributed by atoms with van der Waals surface area (Å²) in [5, 5.41) is 14.4. The van der Waals surface area contributed by atoms with Gasteiger partial charge < -0.3 is 15.4 Å². The van der Waals surface area contributed by atoms with E-state index >= 15 is 0 Å². The van der Waals surface area contributed by atoms with Crippen LogP contribution in [0.15, 0.2) is 6.20 Å². The van der Waals surface area contributed by atoms with E-state index in [9.17, 15) is 4.79 Å². The molecule has 1 aromatic heterocycles. The van der Waals surface area contributed by atoms with Crippen molar-refractivity contribution in [3.63, 3.8) is 0 Å². The van der Waals surface area contributed by atoms with E-state index in [1.54, 1.807) is 6.20 Å². The number of hydrogen-bond acceptors (Lipinski definition) is 5. The summed E-state index contributed by atoms with van der Waals surface area (Å²) in [5.41, 5.74) is 0.387. The van der Waals surface area contributed by atoms with Gasteiger partial charge in [-0.25, -0.2) is 4.68 Å². The van der Waals surface area contributed by atoms with Crippen molar-refractivity contribution in [2.75, 3.05) is 19.7 Å². The highest BCUT2D eigenvalue weighted by Crippen LogP contribution is 2.18. The maximum absolute atomic E-state index is 12.2. The molecular formula is C14H24ClN5O2. The molecule has 7 nitrogen and oxygen atoms in total. The van der Waals surface area contributed by atoms with Gasteiger partial charge in [0.2, 0.25) is 0 Å². The summed E-state index contributed by atoms with van der Waals surface area (Å²) in [6, 6.07) is 0.347. The van der Waals surface area contributed by atoms with Gasteiger partial charge in [-0.3, -0.25) is 4.79 Å². The summed E-state index contributed by atoms with van der Waals surface area (Å²) in [6.07, 6.45) is 5.99. The van der Waals surface area contributed by atoms with Gasteiger partial charge in [-0.2, -0.15) is 0 Å². The monoisotopic (exact) mass is 329 g/mol. The van der Waals surface area contributed by atoms with Crippen molar-refractivity contribution >= 4 is 18.3 Å². The molecule has 124 valence electrons. The molecule has 2 unspecified atom stereocenters. The van der Waals surface area contributed by atoms with Crippen LogP contribution in [0.5, 0.6) is 0 Å². The van der Waals surface area contributed by atoms with Crippen LogP contribution in [-0.4, -0.2) is 52.7 Å². The van der Waals surface area contributed by atoms with Crippen LogP contribution in [-0.2, 0) is 4.74 Å². The Labute approximate surface area is 136 Å². The minimum Gasteiger partial charge on any atom is -0.376 e. The van der Waals surface area contributed by atoms with E-state index in [-0.39, 0.29) is 30.5 Å². The molecule has 2 atom stereocenters. The van der Waals surface area contributed by atoms with E-state index in [2.05, 4.69) is 20.9 Å². The SMILES string of the molecule is CC(NC(=O)c1cn(C2CCNCC2)nn1)C1CCCO1.Cl. The van der Waals surface area contributed by atoms with Crippen molar-refractivity contribution in [1.29, 1.82) is 0 Å². The number of ether oxygens (including phenoxy) is 1. The molecule has 3 rings (SSSR count). The van der Waals surface area contributed by atoms with E-state index in [4.69, 9.17) is 4.74 Å². The highest BCUT2D eigenvalue weighted by atomic mass is 35.5. The third kappa shape index (κ3) is 3.97. The molecular weight excluding hydrogens is 306 g/mol. The molecule has 0 saturated carbocycles. The fourth-order valence-electron chi connectivity index (χ4n) is 3.00. The Morgan fingerprint density at radius 3 is 2.91 bits per heavy atom. The van der Waals surface area contributed by atoms with Gasteiger partial charge in [0.05, 0.1) is 24.4 Å².